The van der Waals surface area contributed by atoms with Gasteiger partial charge >= 0.3 is 5.97 Å². The van der Waals surface area contributed by atoms with Gasteiger partial charge in [0.2, 0.25) is 5.91 Å². The SMILES string of the molecule is NC(=O)c1ccc2c(c1)CCC2.NCc1cccc(C(=O)N(CC(=O)O)c2csc(NC(=O)CO)n2)c1. The molecule has 0 radical (unpaired) electrons. The van der Waals surface area contributed by atoms with Crippen LogP contribution >= 0.6 is 11.3 Å². The third kappa shape index (κ3) is 7.43. The number of aliphatic hydroxyl groups is 1. The molecule has 0 saturated carbocycles. The molecule has 1 aliphatic carbocycles. The number of hydrogen-bond acceptors (Lipinski definition) is 8. The van der Waals surface area contributed by atoms with Crippen LogP contribution in [0.15, 0.2) is 47.8 Å². The van der Waals surface area contributed by atoms with E-state index in [1.54, 1.807) is 24.3 Å². The molecule has 3 amide bonds. The van der Waals surface area contributed by atoms with E-state index in [0.29, 0.717) is 5.56 Å². The van der Waals surface area contributed by atoms with E-state index in [9.17, 15) is 19.2 Å². The molecule has 12 heteroatoms. The van der Waals surface area contributed by atoms with Crippen LogP contribution in [0.3, 0.4) is 0 Å². The van der Waals surface area contributed by atoms with Crippen LogP contribution in [-0.4, -0.2) is 52.0 Å². The normalized spacial score (nSPS) is 11.6. The first-order valence-electron chi connectivity index (χ1n) is 11.3. The maximum atomic E-state index is 12.7. The Morgan fingerprint density at radius 1 is 1.05 bits per heavy atom. The highest BCUT2D eigenvalue weighted by atomic mass is 32.1. The minimum atomic E-state index is -1.21. The highest BCUT2D eigenvalue weighted by Gasteiger charge is 2.23. The Labute approximate surface area is 216 Å². The van der Waals surface area contributed by atoms with E-state index in [1.165, 1.54) is 22.9 Å². The molecule has 37 heavy (non-hydrogen) atoms. The number of thiazole rings is 1. The van der Waals surface area contributed by atoms with Gasteiger partial charge in [0.15, 0.2) is 5.13 Å². The summed E-state index contributed by atoms with van der Waals surface area (Å²) in [5, 5.41) is 21.7. The van der Waals surface area contributed by atoms with Crippen molar-refractivity contribution in [3.63, 3.8) is 0 Å². The lowest BCUT2D eigenvalue weighted by Crippen LogP contribution is -2.36. The van der Waals surface area contributed by atoms with Crippen LogP contribution in [0, 0.1) is 0 Å². The van der Waals surface area contributed by atoms with Crippen molar-refractivity contribution < 1.29 is 29.4 Å². The second-order valence-corrected chi connectivity index (χ2v) is 8.97. The summed E-state index contributed by atoms with van der Waals surface area (Å²) in [5.41, 5.74) is 15.0. The van der Waals surface area contributed by atoms with Gasteiger partial charge in [-0.25, -0.2) is 4.98 Å². The molecule has 0 aliphatic heterocycles. The lowest BCUT2D eigenvalue weighted by Gasteiger charge is -2.18. The number of aromatic nitrogens is 1. The average molecular weight is 526 g/mol. The molecule has 1 aliphatic rings. The number of fused-ring (bicyclic) bond motifs is 1. The van der Waals surface area contributed by atoms with Gasteiger partial charge in [0.25, 0.3) is 11.8 Å². The van der Waals surface area contributed by atoms with Crippen molar-refractivity contribution >= 4 is 46.0 Å². The summed E-state index contributed by atoms with van der Waals surface area (Å²) in [5.74, 6) is -2.67. The summed E-state index contributed by atoms with van der Waals surface area (Å²) in [6.45, 7) is -1.06. The zero-order chi connectivity index (χ0) is 26.9. The third-order valence-electron chi connectivity index (χ3n) is 5.49. The summed E-state index contributed by atoms with van der Waals surface area (Å²) in [7, 11) is 0. The van der Waals surface area contributed by atoms with Crippen molar-refractivity contribution in [1.29, 1.82) is 0 Å². The highest BCUT2D eigenvalue weighted by molar-refractivity contribution is 7.14. The molecule has 0 unspecified atom stereocenters. The van der Waals surface area contributed by atoms with E-state index in [-0.39, 0.29) is 29.0 Å². The van der Waals surface area contributed by atoms with Crippen molar-refractivity contribution in [1.82, 2.24) is 4.98 Å². The number of rotatable bonds is 8. The highest BCUT2D eigenvalue weighted by Crippen LogP contribution is 2.24. The number of aryl methyl sites for hydroxylation is 2. The first-order valence-corrected chi connectivity index (χ1v) is 12.2. The van der Waals surface area contributed by atoms with E-state index in [4.69, 9.17) is 21.7 Å². The van der Waals surface area contributed by atoms with Crippen LogP contribution in [-0.2, 0) is 29.0 Å². The van der Waals surface area contributed by atoms with E-state index in [0.717, 1.165) is 34.6 Å². The monoisotopic (exact) mass is 525 g/mol. The first-order chi connectivity index (χ1) is 17.7. The van der Waals surface area contributed by atoms with Gasteiger partial charge in [-0.2, -0.15) is 0 Å². The van der Waals surface area contributed by atoms with Crippen molar-refractivity contribution in [3.8, 4) is 0 Å². The van der Waals surface area contributed by atoms with Gasteiger partial charge in [0.05, 0.1) is 0 Å². The van der Waals surface area contributed by atoms with Gasteiger partial charge < -0.3 is 21.7 Å². The Bertz CT molecular complexity index is 1310. The zero-order valence-electron chi connectivity index (χ0n) is 19.8. The molecule has 7 N–H and O–H groups in total. The number of nitrogens with one attached hydrogen (secondary N) is 1. The maximum absolute atomic E-state index is 12.7. The Hall–Kier alpha value is -4.13. The number of amides is 3. The number of carboxylic acids is 1. The predicted molar refractivity (Wildman–Crippen MR) is 138 cm³/mol. The van der Waals surface area contributed by atoms with Crippen molar-refractivity contribution in [3.05, 3.63) is 75.7 Å². The molecular weight excluding hydrogens is 498 g/mol. The number of carbonyl (C=O) groups excluding carboxylic acids is 3. The van der Waals surface area contributed by atoms with Gasteiger partial charge in [-0.3, -0.25) is 29.4 Å². The fourth-order valence-corrected chi connectivity index (χ4v) is 4.43. The average Bonchev–Trinajstić information content (AvgIpc) is 3.56. The van der Waals surface area contributed by atoms with Crippen molar-refractivity contribution in [2.45, 2.75) is 25.8 Å². The maximum Gasteiger partial charge on any atom is 0.323 e. The number of aliphatic carboxylic acids is 1. The van der Waals surface area contributed by atoms with Crippen LogP contribution in [0.1, 0.15) is 43.8 Å². The Morgan fingerprint density at radius 3 is 2.49 bits per heavy atom. The largest absolute Gasteiger partial charge is 0.480 e. The number of benzene rings is 2. The zero-order valence-corrected chi connectivity index (χ0v) is 20.7. The topological polar surface area (TPSA) is 189 Å². The molecule has 1 heterocycles. The summed E-state index contributed by atoms with van der Waals surface area (Å²) in [6, 6.07) is 12.3. The van der Waals surface area contributed by atoms with Gasteiger partial charge in [0.1, 0.15) is 19.0 Å². The molecule has 2 aromatic carbocycles. The van der Waals surface area contributed by atoms with E-state index in [2.05, 4.69) is 10.3 Å². The Morgan fingerprint density at radius 2 is 1.81 bits per heavy atom. The second-order valence-electron chi connectivity index (χ2n) is 8.11. The van der Waals surface area contributed by atoms with Crippen LogP contribution in [0.25, 0.3) is 0 Å². The number of nitrogens with two attached hydrogens (primary N) is 2. The Kier molecular flexibility index (Phi) is 9.44. The molecule has 194 valence electrons. The lowest BCUT2D eigenvalue weighted by molar-refractivity contribution is -0.135. The fourth-order valence-electron chi connectivity index (χ4n) is 3.71. The standard InChI is InChI=1S/C15H16N4O5S.C10H11NO/c16-5-9-2-1-3-10(4-9)14(24)19(6-13(22)23)11-8-25-15(17-11)18-12(21)7-20;11-10(12)9-5-4-7-2-1-3-8(7)6-9/h1-4,8,20H,5-7,16H2,(H,22,23)(H,17,18,21);4-6H,1-3H2,(H2,11,12). The quantitative estimate of drug-likeness (QED) is 0.293. The third-order valence-corrected chi connectivity index (χ3v) is 6.24. The number of aliphatic hydroxyl groups excluding tert-OH is 1. The molecule has 11 nitrogen and oxygen atoms in total. The summed E-state index contributed by atoms with van der Waals surface area (Å²) >= 11 is 1.01. The molecule has 4 rings (SSSR count). The van der Waals surface area contributed by atoms with Crippen LogP contribution < -0.4 is 21.7 Å². The number of primary amides is 1. The summed E-state index contributed by atoms with van der Waals surface area (Å²) < 4.78 is 0. The molecular formula is C25H27N5O6S. The summed E-state index contributed by atoms with van der Waals surface area (Å²) in [4.78, 5) is 50.9. The van der Waals surface area contributed by atoms with Gasteiger partial charge in [0, 0.05) is 23.1 Å². The van der Waals surface area contributed by atoms with Gasteiger partial charge in [-0.15, -0.1) is 11.3 Å². The lowest BCUT2D eigenvalue weighted by atomic mass is 10.1. The van der Waals surface area contributed by atoms with Crippen LogP contribution in [0.4, 0.5) is 10.9 Å². The van der Waals surface area contributed by atoms with Gasteiger partial charge in [-0.1, -0.05) is 18.2 Å². The second kappa shape index (κ2) is 12.7. The van der Waals surface area contributed by atoms with Crippen LogP contribution in [0.5, 0.6) is 0 Å². The number of anilines is 2. The summed E-state index contributed by atoms with van der Waals surface area (Å²) in [6.07, 6.45) is 3.45. The molecule has 0 fully saturated rings. The smallest absolute Gasteiger partial charge is 0.323 e. The molecule has 3 aromatic rings. The minimum absolute atomic E-state index is 0.0868. The number of carbonyl (C=O) groups is 4. The number of nitrogens with zero attached hydrogens (tertiary/aromatic N) is 2. The van der Waals surface area contributed by atoms with Crippen molar-refractivity contribution in [2.75, 3.05) is 23.4 Å². The van der Waals surface area contributed by atoms with E-state index >= 15 is 0 Å². The van der Waals surface area contributed by atoms with Crippen molar-refractivity contribution in [2.24, 2.45) is 11.5 Å². The Balaban J connectivity index is 0.000000262. The van der Waals surface area contributed by atoms with E-state index < -0.39 is 30.9 Å². The molecule has 0 spiro atoms. The van der Waals surface area contributed by atoms with Gasteiger partial charge in [-0.05, 0) is 60.2 Å². The number of hydrogen-bond donors (Lipinski definition) is 5. The molecule has 0 atom stereocenters. The molecule has 0 bridgehead atoms. The number of carboxylic acid groups (broad SMARTS) is 1. The predicted octanol–water partition coefficient (Wildman–Crippen LogP) is 1.54. The fraction of sp³-hybridized carbons (Fsp3) is 0.240. The first kappa shape index (κ1) is 27.5. The molecule has 1 aromatic heterocycles. The van der Waals surface area contributed by atoms with Crippen LogP contribution in [0.2, 0.25) is 0 Å². The van der Waals surface area contributed by atoms with E-state index in [1.807, 2.05) is 18.2 Å². The molecule has 0 saturated heterocycles. The minimum Gasteiger partial charge on any atom is -0.480 e.